The van der Waals surface area contributed by atoms with E-state index in [4.69, 9.17) is 10.00 Å². The van der Waals surface area contributed by atoms with Crippen LogP contribution < -0.4 is 5.32 Å². The first-order valence-corrected chi connectivity index (χ1v) is 5.96. The highest BCUT2D eigenvalue weighted by atomic mass is 16.6. The van der Waals surface area contributed by atoms with Crippen LogP contribution in [0.25, 0.3) is 0 Å². The van der Waals surface area contributed by atoms with Gasteiger partial charge in [0.05, 0.1) is 10.5 Å². The van der Waals surface area contributed by atoms with Gasteiger partial charge in [-0.1, -0.05) is 0 Å². The monoisotopic (exact) mass is 263 g/mol. The Bertz CT molecular complexity index is 506. The molecule has 1 N–H and O–H groups in total. The molecule has 0 aliphatic carbocycles. The third kappa shape index (κ3) is 4.23. The minimum Gasteiger partial charge on any atom is -0.382 e. The highest BCUT2D eigenvalue weighted by Crippen LogP contribution is 2.23. The SMILES string of the molecule is CCOC(C)(C)CNc1ccc(C#N)c([N+](=O)[O-])c1. The van der Waals surface area contributed by atoms with E-state index < -0.39 is 4.92 Å². The lowest BCUT2D eigenvalue weighted by atomic mass is 10.1. The predicted molar refractivity (Wildman–Crippen MR) is 72.0 cm³/mol. The normalized spacial score (nSPS) is 10.8. The zero-order chi connectivity index (χ0) is 14.5. The topological polar surface area (TPSA) is 88.2 Å². The lowest BCUT2D eigenvalue weighted by molar-refractivity contribution is -0.385. The molecule has 6 nitrogen and oxygen atoms in total. The summed E-state index contributed by atoms with van der Waals surface area (Å²) in [6, 6.07) is 6.25. The van der Waals surface area contributed by atoms with Crippen molar-refractivity contribution in [2.45, 2.75) is 26.4 Å². The number of nitriles is 1. The molecule has 0 aromatic heterocycles. The first-order chi connectivity index (χ1) is 8.89. The number of nitro groups is 1. The zero-order valence-corrected chi connectivity index (χ0v) is 11.3. The molecular formula is C13H17N3O3. The molecule has 0 radical (unpaired) electrons. The van der Waals surface area contributed by atoms with Crippen LogP contribution in [0.4, 0.5) is 11.4 Å². The molecule has 0 heterocycles. The van der Waals surface area contributed by atoms with Crippen LogP contribution in [0.3, 0.4) is 0 Å². The highest BCUT2D eigenvalue weighted by molar-refractivity contribution is 5.59. The number of rotatable bonds is 6. The summed E-state index contributed by atoms with van der Waals surface area (Å²) in [6.07, 6.45) is 0. The Balaban J connectivity index is 2.84. The number of hydrogen-bond acceptors (Lipinski definition) is 5. The van der Waals surface area contributed by atoms with E-state index in [9.17, 15) is 10.1 Å². The van der Waals surface area contributed by atoms with Crippen molar-refractivity contribution in [1.82, 2.24) is 0 Å². The maximum absolute atomic E-state index is 10.8. The van der Waals surface area contributed by atoms with Crippen molar-refractivity contribution in [3.63, 3.8) is 0 Å². The standard InChI is InChI=1S/C13H17N3O3/c1-4-19-13(2,3)9-15-11-6-5-10(8-14)12(7-11)16(17)18/h5-7,15H,4,9H2,1-3H3. The zero-order valence-electron chi connectivity index (χ0n) is 11.3. The first kappa shape index (κ1) is 14.9. The van der Waals surface area contributed by atoms with Gasteiger partial charge in [-0.3, -0.25) is 10.1 Å². The Kier molecular flexibility index (Phi) is 4.84. The average molecular weight is 263 g/mol. The summed E-state index contributed by atoms with van der Waals surface area (Å²) >= 11 is 0. The molecule has 0 amide bonds. The van der Waals surface area contributed by atoms with E-state index in [2.05, 4.69) is 5.32 Å². The van der Waals surface area contributed by atoms with Gasteiger partial charge in [-0.25, -0.2) is 0 Å². The maximum Gasteiger partial charge on any atom is 0.289 e. The van der Waals surface area contributed by atoms with E-state index in [1.54, 1.807) is 12.1 Å². The number of anilines is 1. The maximum atomic E-state index is 10.8. The van der Waals surface area contributed by atoms with E-state index in [-0.39, 0.29) is 16.9 Å². The van der Waals surface area contributed by atoms with Crippen LogP contribution in [0, 0.1) is 21.4 Å². The summed E-state index contributed by atoms with van der Waals surface area (Å²) in [5, 5.41) is 22.7. The largest absolute Gasteiger partial charge is 0.382 e. The fraction of sp³-hybridized carbons (Fsp3) is 0.462. The van der Waals surface area contributed by atoms with Gasteiger partial charge in [-0.05, 0) is 32.9 Å². The summed E-state index contributed by atoms with van der Waals surface area (Å²) in [5.41, 5.74) is 0.0945. The minimum absolute atomic E-state index is 0.0552. The number of benzene rings is 1. The smallest absolute Gasteiger partial charge is 0.289 e. The summed E-state index contributed by atoms with van der Waals surface area (Å²) in [4.78, 5) is 10.3. The Morgan fingerprint density at radius 2 is 2.21 bits per heavy atom. The van der Waals surface area contributed by atoms with Crippen molar-refractivity contribution in [3.05, 3.63) is 33.9 Å². The van der Waals surface area contributed by atoms with E-state index in [0.717, 1.165) is 0 Å². The van der Waals surface area contributed by atoms with E-state index in [0.29, 0.717) is 18.8 Å². The van der Waals surface area contributed by atoms with Crippen molar-refractivity contribution in [2.75, 3.05) is 18.5 Å². The van der Waals surface area contributed by atoms with Gasteiger partial charge in [-0.15, -0.1) is 0 Å². The molecule has 0 fully saturated rings. The van der Waals surface area contributed by atoms with Crippen LogP contribution in [-0.4, -0.2) is 23.7 Å². The quantitative estimate of drug-likeness (QED) is 0.629. The average Bonchev–Trinajstić information content (AvgIpc) is 2.36. The van der Waals surface area contributed by atoms with E-state index in [1.165, 1.54) is 12.1 Å². The van der Waals surface area contributed by atoms with Gasteiger partial charge in [0.15, 0.2) is 0 Å². The number of nitro benzene ring substituents is 1. The third-order valence-corrected chi connectivity index (χ3v) is 2.57. The van der Waals surface area contributed by atoms with Crippen molar-refractivity contribution >= 4 is 11.4 Å². The molecule has 19 heavy (non-hydrogen) atoms. The molecule has 0 atom stereocenters. The van der Waals surface area contributed by atoms with Gasteiger partial charge in [0.1, 0.15) is 11.6 Å². The minimum atomic E-state index is -0.558. The van der Waals surface area contributed by atoms with Gasteiger partial charge < -0.3 is 10.1 Å². The molecule has 102 valence electrons. The Labute approximate surface area is 112 Å². The van der Waals surface area contributed by atoms with Gasteiger partial charge in [-0.2, -0.15) is 5.26 Å². The summed E-state index contributed by atoms with van der Waals surface area (Å²) in [5.74, 6) is 0. The van der Waals surface area contributed by atoms with Gasteiger partial charge in [0, 0.05) is 24.9 Å². The number of hydrogen-bond donors (Lipinski definition) is 1. The van der Waals surface area contributed by atoms with Gasteiger partial charge in [0.2, 0.25) is 0 Å². The van der Waals surface area contributed by atoms with Crippen LogP contribution in [-0.2, 0) is 4.74 Å². The Hall–Kier alpha value is -2.13. The molecule has 0 bridgehead atoms. The molecule has 6 heteroatoms. The van der Waals surface area contributed by atoms with Crippen molar-refractivity contribution < 1.29 is 9.66 Å². The number of ether oxygens (including phenoxy) is 1. The first-order valence-electron chi connectivity index (χ1n) is 5.96. The lowest BCUT2D eigenvalue weighted by Crippen LogP contribution is -2.33. The molecule has 0 aliphatic heterocycles. The summed E-state index contributed by atoms with van der Waals surface area (Å²) < 4.78 is 5.52. The number of nitrogens with one attached hydrogen (secondary N) is 1. The molecule has 0 spiro atoms. The van der Waals surface area contributed by atoms with Crippen molar-refractivity contribution in [3.8, 4) is 6.07 Å². The molecular weight excluding hydrogens is 246 g/mol. The summed E-state index contributed by atoms with van der Waals surface area (Å²) in [7, 11) is 0. The third-order valence-electron chi connectivity index (χ3n) is 2.57. The fourth-order valence-electron chi connectivity index (χ4n) is 1.64. The van der Waals surface area contributed by atoms with E-state index >= 15 is 0 Å². The lowest BCUT2D eigenvalue weighted by Gasteiger charge is -2.25. The van der Waals surface area contributed by atoms with Gasteiger partial charge >= 0.3 is 0 Å². The van der Waals surface area contributed by atoms with Crippen LogP contribution in [0.15, 0.2) is 18.2 Å². The molecule has 0 saturated carbocycles. The molecule has 1 aromatic carbocycles. The van der Waals surface area contributed by atoms with Crippen LogP contribution in [0.1, 0.15) is 26.3 Å². The van der Waals surface area contributed by atoms with Crippen molar-refractivity contribution in [2.24, 2.45) is 0 Å². The molecule has 0 aliphatic rings. The van der Waals surface area contributed by atoms with Gasteiger partial charge in [0.25, 0.3) is 5.69 Å². The Morgan fingerprint density at radius 1 is 1.53 bits per heavy atom. The second-order valence-electron chi connectivity index (χ2n) is 4.65. The summed E-state index contributed by atoms with van der Waals surface area (Å²) in [6.45, 7) is 6.89. The Morgan fingerprint density at radius 3 is 2.74 bits per heavy atom. The number of nitrogens with zero attached hydrogens (tertiary/aromatic N) is 2. The molecule has 0 unspecified atom stereocenters. The highest BCUT2D eigenvalue weighted by Gasteiger charge is 2.19. The van der Waals surface area contributed by atoms with Crippen LogP contribution in [0.5, 0.6) is 0 Å². The van der Waals surface area contributed by atoms with E-state index in [1.807, 2.05) is 20.8 Å². The molecule has 0 saturated heterocycles. The fourth-order valence-corrected chi connectivity index (χ4v) is 1.64. The van der Waals surface area contributed by atoms with Crippen LogP contribution >= 0.6 is 0 Å². The van der Waals surface area contributed by atoms with Crippen LogP contribution in [0.2, 0.25) is 0 Å². The molecule has 1 aromatic rings. The van der Waals surface area contributed by atoms with Crippen molar-refractivity contribution in [1.29, 1.82) is 5.26 Å². The second-order valence-corrected chi connectivity index (χ2v) is 4.65. The molecule has 1 rings (SSSR count). The second kappa shape index (κ2) is 6.16. The predicted octanol–water partition coefficient (Wildman–Crippen LogP) is 2.69.